The van der Waals surface area contributed by atoms with Crippen molar-refractivity contribution >= 4 is 16.6 Å². The highest BCUT2D eigenvalue weighted by Gasteiger charge is 2.10. The number of rotatable bonds is 4. The molecule has 0 spiro atoms. The zero-order valence-corrected chi connectivity index (χ0v) is 11.6. The van der Waals surface area contributed by atoms with Crippen molar-refractivity contribution in [2.75, 3.05) is 5.32 Å². The van der Waals surface area contributed by atoms with Crippen LogP contribution in [-0.4, -0.2) is 4.98 Å². The summed E-state index contributed by atoms with van der Waals surface area (Å²) in [7, 11) is 0. The van der Waals surface area contributed by atoms with Gasteiger partial charge in [0.25, 0.3) is 0 Å². The van der Waals surface area contributed by atoms with E-state index in [0.717, 1.165) is 17.6 Å². The molecule has 0 radical (unpaired) electrons. The second-order valence-electron chi connectivity index (χ2n) is 4.90. The summed E-state index contributed by atoms with van der Waals surface area (Å²) < 4.78 is 0. The van der Waals surface area contributed by atoms with Crippen molar-refractivity contribution in [2.45, 2.75) is 19.4 Å². The molecule has 0 saturated carbocycles. The van der Waals surface area contributed by atoms with E-state index < -0.39 is 0 Å². The largest absolute Gasteiger partial charge is 0.376 e. The molecule has 100 valence electrons. The standard InChI is InChI=1S/C18H18N2/c1-2-16(14-8-4-3-5-9-14)20-17-12-6-10-15-11-7-13-19-18(15)17/h3-13,16,20H,2H2,1H3. The molecule has 1 heterocycles. The third-order valence-corrected chi connectivity index (χ3v) is 3.57. The van der Waals surface area contributed by atoms with Gasteiger partial charge in [-0.3, -0.25) is 4.98 Å². The summed E-state index contributed by atoms with van der Waals surface area (Å²) in [5.74, 6) is 0. The van der Waals surface area contributed by atoms with Crippen LogP contribution in [0.4, 0.5) is 5.69 Å². The molecule has 3 rings (SSSR count). The van der Waals surface area contributed by atoms with E-state index in [2.05, 4.69) is 71.8 Å². The predicted molar refractivity (Wildman–Crippen MR) is 84.8 cm³/mol. The topological polar surface area (TPSA) is 24.9 Å². The molecule has 0 amide bonds. The first-order valence-electron chi connectivity index (χ1n) is 7.03. The Morgan fingerprint density at radius 1 is 0.950 bits per heavy atom. The average molecular weight is 262 g/mol. The van der Waals surface area contributed by atoms with Gasteiger partial charge < -0.3 is 5.32 Å². The maximum Gasteiger partial charge on any atom is 0.0933 e. The number of aromatic nitrogens is 1. The number of hydrogen-bond donors (Lipinski definition) is 1. The van der Waals surface area contributed by atoms with Crippen LogP contribution in [0.1, 0.15) is 24.9 Å². The van der Waals surface area contributed by atoms with Crippen molar-refractivity contribution in [2.24, 2.45) is 0 Å². The minimum atomic E-state index is 0.309. The van der Waals surface area contributed by atoms with Crippen molar-refractivity contribution < 1.29 is 0 Å². The van der Waals surface area contributed by atoms with E-state index in [9.17, 15) is 0 Å². The third kappa shape index (κ3) is 2.50. The van der Waals surface area contributed by atoms with E-state index in [1.54, 1.807) is 0 Å². The second kappa shape index (κ2) is 5.74. The summed E-state index contributed by atoms with van der Waals surface area (Å²) >= 11 is 0. The molecule has 2 nitrogen and oxygen atoms in total. The lowest BCUT2D eigenvalue weighted by atomic mass is 10.0. The van der Waals surface area contributed by atoms with Crippen molar-refractivity contribution in [1.82, 2.24) is 4.98 Å². The molecular weight excluding hydrogens is 244 g/mol. The highest BCUT2D eigenvalue weighted by Crippen LogP contribution is 2.27. The quantitative estimate of drug-likeness (QED) is 0.730. The lowest BCUT2D eigenvalue weighted by Gasteiger charge is -2.19. The van der Waals surface area contributed by atoms with Gasteiger partial charge in [0.05, 0.1) is 17.2 Å². The van der Waals surface area contributed by atoms with Gasteiger partial charge in [0.1, 0.15) is 0 Å². The summed E-state index contributed by atoms with van der Waals surface area (Å²) in [5, 5.41) is 4.79. The van der Waals surface area contributed by atoms with Gasteiger partial charge in [-0.1, -0.05) is 55.5 Å². The maximum absolute atomic E-state index is 4.50. The Morgan fingerprint density at radius 3 is 2.55 bits per heavy atom. The van der Waals surface area contributed by atoms with Crippen LogP contribution < -0.4 is 5.32 Å². The smallest absolute Gasteiger partial charge is 0.0933 e. The highest BCUT2D eigenvalue weighted by molar-refractivity contribution is 5.90. The van der Waals surface area contributed by atoms with Gasteiger partial charge in [0.15, 0.2) is 0 Å². The van der Waals surface area contributed by atoms with Gasteiger partial charge in [0, 0.05) is 11.6 Å². The summed E-state index contributed by atoms with van der Waals surface area (Å²) in [4.78, 5) is 4.50. The van der Waals surface area contributed by atoms with Gasteiger partial charge in [-0.05, 0) is 24.1 Å². The molecule has 2 aromatic carbocycles. The van der Waals surface area contributed by atoms with Crippen molar-refractivity contribution in [3.05, 3.63) is 72.4 Å². The Bertz CT molecular complexity index is 687. The molecule has 0 aliphatic heterocycles. The van der Waals surface area contributed by atoms with Crippen LogP contribution in [-0.2, 0) is 0 Å². The van der Waals surface area contributed by atoms with Gasteiger partial charge in [-0.25, -0.2) is 0 Å². The number of pyridine rings is 1. The predicted octanol–water partition coefficient (Wildman–Crippen LogP) is 4.80. The lowest BCUT2D eigenvalue weighted by molar-refractivity contribution is 0.750. The SMILES string of the molecule is CCC(Nc1cccc2cccnc12)c1ccccc1. The maximum atomic E-state index is 4.50. The number of nitrogens with one attached hydrogen (secondary N) is 1. The van der Waals surface area contributed by atoms with E-state index in [1.165, 1.54) is 10.9 Å². The molecule has 3 aromatic rings. The summed E-state index contributed by atoms with van der Waals surface area (Å²) in [6, 6.07) is 21.2. The summed E-state index contributed by atoms with van der Waals surface area (Å²) in [6.45, 7) is 2.20. The van der Waals surface area contributed by atoms with Crippen LogP contribution in [0.3, 0.4) is 0 Å². The lowest BCUT2D eigenvalue weighted by Crippen LogP contribution is -2.10. The molecule has 1 N–H and O–H groups in total. The van der Waals surface area contributed by atoms with E-state index in [1.807, 2.05) is 12.3 Å². The summed E-state index contributed by atoms with van der Waals surface area (Å²) in [6.07, 6.45) is 2.88. The van der Waals surface area contributed by atoms with E-state index in [0.29, 0.717) is 6.04 Å². The molecule has 20 heavy (non-hydrogen) atoms. The van der Waals surface area contributed by atoms with Crippen molar-refractivity contribution in [1.29, 1.82) is 0 Å². The molecular formula is C18H18N2. The third-order valence-electron chi connectivity index (χ3n) is 3.57. The zero-order chi connectivity index (χ0) is 13.8. The van der Waals surface area contributed by atoms with E-state index >= 15 is 0 Å². The first kappa shape index (κ1) is 12.7. The Hall–Kier alpha value is -2.35. The van der Waals surface area contributed by atoms with E-state index in [4.69, 9.17) is 0 Å². The van der Waals surface area contributed by atoms with E-state index in [-0.39, 0.29) is 0 Å². The number of benzene rings is 2. The molecule has 0 aliphatic rings. The highest BCUT2D eigenvalue weighted by atomic mass is 14.9. The molecule has 1 aromatic heterocycles. The monoisotopic (exact) mass is 262 g/mol. The minimum Gasteiger partial charge on any atom is -0.376 e. The molecule has 0 bridgehead atoms. The van der Waals surface area contributed by atoms with Crippen LogP contribution in [0.15, 0.2) is 66.9 Å². The van der Waals surface area contributed by atoms with Crippen LogP contribution in [0.2, 0.25) is 0 Å². The van der Waals surface area contributed by atoms with Crippen molar-refractivity contribution in [3.63, 3.8) is 0 Å². The first-order chi connectivity index (χ1) is 9.88. The molecule has 0 saturated heterocycles. The minimum absolute atomic E-state index is 0.309. The van der Waals surface area contributed by atoms with Crippen LogP contribution >= 0.6 is 0 Å². The Labute approximate surface area is 119 Å². The number of hydrogen-bond acceptors (Lipinski definition) is 2. The summed E-state index contributed by atoms with van der Waals surface area (Å²) in [5.41, 5.74) is 3.44. The van der Waals surface area contributed by atoms with Crippen LogP contribution in [0.25, 0.3) is 10.9 Å². The number of nitrogens with zero attached hydrogens (tertiary/aromatic N) is 1. The van der Waals surface area contributed by atoms with Gasteiger partial charge >= 0.3 is 0 Å². The molecule has 1 unspecified atom stereocenters. The first-order valence-corrected chi connectivity index (χ1v) is 7.03. The molecule has 0 aliphatic carbocycles. The molecule has 0 fully saturated rings. The zero-order valence-electron chi connectivity index (χ0n) is 11.6. The fourth-order valence-corrected chi connectivity index (χ4v) is 2.51. The fraction of sp³-hybridized carbons (Fsp3) is 0.167. The molecule has 1 atom stereocenters. The Morgan fingerprint density at radius 2 is 1.75 bits per heavy atom. The normalized spacial score (nSPS) is 12.2. The fourth-order valence-electron chi connectivity index (χ4n) is 2.51. The molecule has 2 heteroatoms. The van der Waals surface area contributed by atoms with Gasteiger partial charge in [0.2, 0.25) is 0 Å². The average Bonchev–Trinajstić information content (AvgIpc) is 2.53. The second-order valence-corrected chi connectivity index (χ2v) is 4.90. The van der Waals surface area contributed by atoms with Crippen LogP contribution in [0.5, 0.6) is 0 Å². The Kier molecular flexibility index (Phi) is 3.64. The van der Waals surface area contributed by atoms with Crippen LogP contribution in [0, 0.1) is 0 Å². The number of fused-ring (bicyclic) bond motifs is 1. The number of para-hydroxylation sites is 1. The number of anilines is 1. The van der Waals surface area contributed by atoms with Gasteiger partial charge in [-0.2, -0.15) is 0 Å². The van der Waals surface area contributed by atoms with Crippen molar-refractivity contribution in [3.8, 4) is 0 Å². The van der Waals surface area contributed by atoms with Gasteiger partial charge in [-0.15, -0.1) is 0 Å². The Balaban J connectivity index is 1.96.